The highest BCUT2D eigenvalue weighted by molar-refractivity contribution is 6.30. The summed E-state index contributed by atoms with van der Waals surface area (Å²) in [5.41, 5.74) is 1.93. The van der Waals surface area contributed by atoms with E-state index in [9.17, 15) is 4.79 Å². The molecule has 3 nitrogen and oxygen atoms in total. The molecule has 4 heteroatoms. The maximum Gasteiger partial charge on any atom is 0.258 e. The van der Waals surface area contributed by atoms with Crippen LogP contribution >= 0.6 is 11.6 Å². The van der Waals surface area contributed by atoms with Gasteiger partial charge in [-0.3, -0.25) is 9.69 Å². The van der Waals surface area contributed by atoms with Gasteiger partial charge in [0, 0.05) is 41.3 Å². The number of carbonyl (C=O) groups is 1. The van der Waals surface area contributed by atoms with Crippen molar-refractivity contribution < 1.29 is 4.79 Å². The molecule has 2 aliphatic rings. The van der Waals surface area contributed by atoms with E-state index in [2.05, 4.69) is 24.9 Å². The lowest BCUT2D eigenvalue weighted by Crippen LogP contribution is -2.41. The Balaban J connectivity index is 1.84. The van der Waals surface area contributed by atoms with Gasteiger partial charge in [0.1, 0.15) is 0 Å². The number of fused-ring (bicyclic) bond motifs is 2. The van der Waals surface area contributed by atoms with Crippen molar-refractivity contribution in [2.75, 3.05) is 13.6 Å². The monoisotopic (exact) mass is 332 g/mol. The van der Waals surface area contributed by atoms with Gasteiger partial charge in [-0.05, 0) is 56.7 Å². The molecule has 1 fully saturated rings. The molecule has 1 aromatic rings. The summed E-state index contributed by atoms with van der Waals surface area (Å²) in [6.07, 6.45) is 7.86. The number of rotatable bonds is 5. The second-order valence-electron chi connectivity index (χ2n) is 6.64. The first kappa shape index (κ1) is 16.5. The topological polar surface area (TPSA) is 23.6 Å². The molecule has 0 spiro atoms. The van der Waals surface area contributed by atoms with Gasteiger partial charge in [-0.25, -0.2) is 0 Å². The van der Waals surface area contributed by atoms with E-state index in [4.69, 9.17) is 11.6 Å². The highest BCUT2D eigenvalue weighted by atomic mass is 35.5. The second kappa shape index (κ2) is 7.06. The van der Waals surface area contributed by atoms with Crippen molar-refractivity contribution in [2.45, 2.75) is 51.1 Å². The summed E-state index contributed by atoms with van der Waals surface area (Å²) in [4.78, 5) is 17.5. The van der Waals surface area contributed by atoms with Crippen molar-refractivity contribution in [2.24, 2.45) is 0 Å². The molecule has 124 valence electrons. The molecule has 2 atom stereocenters. The first-order valence-electron chi connectivity index (χ1n) is 8.60. The molecule has 2 aliphatic heterocycles. The van der Waals surface area contributed by atoms with E-state index in [1.165, 1.54) is 18.5 Å². The number of benzene rings is 1. The number of nitrogens with zero attached hydrogens (tertiary/aromatic N) is 2. The van der Waals surface area contributed by atoms with E-state index >= 15 is 0 Å². The van der Waals surface area contributed by atoms with Crippen LogP contribution in [0, 0.1) is 0 Å². The number of halogens is 1. The molecule has 0 aromatic heterocycles. The average Bonchev–Trinajstić information content (AvgIpc) is 2.76. The standard InChI is InChI=1S/C19H25ClN2O/c1-3-4-11-22(19(23)14-5-7-15(20)8-6-14)18-12-16-9-10-17(13-18)21(16)2/h5-8,12,16-17H,3-4,9-11,13H2,1-2H3/t16-,17-/m1/s1. The Morgan fingerprint density at radius 1 is 1.30 bits per heavy atom. The highest BCUT2D eigenvalue weighted by Gasteiger charge is 2.36. The van der Waals surface area contributed by atoms with Crippen LogP contribution in [0.5, 0.6) is 0 Å². The molecular weight excluding hydrogens is 308 g/mol. The van der Waals surface area contributed by atoms with Crippen LogP contribution in [0.3, 0.4) is 0 Å². The molecule has 2 heterocycles. The van der Waals surface area contributed by atoms with E-state index in [0.717, 1.165) is 31.4 Å². The maximum absolute atomic E-state index is 13.0. The van der Waals surface area contributed by atoms with E-state index in [1.54, 1.807) is 12.1 Å². The van der Waals surface area contributed by atoms with Crippen molar-refractivity contribution in [3.05, 3.63) is 46.6 Å². The van der Waals surface area contributed by atoms with Crippen molar-refractivity contribution in [3.63, 3.8) is 0 Å². The van der Waals surface area contributed by atoms with Crippen molar-refractivity contribution in [1.29, 1.82) is 0 Å². The lowest BCUT2D eigenvalue weighted by atomic mass is 10.0. The van der Waals surface area contributed by atoms with Crippen LogP contribution in [0.2, 0.25) is 5.02 Å². The Morgan fingerprint density at radius 2 is 2.04 bits per heavy atom. The molecule has 3 rings (SSSR count). The van der Waals surface area contributed by atoms with E-state index in [0.29, 0.717) is 17.1 Å². The minimum absolute atomic E-state index is 0.102. The van der Waals surface area contributed by atoms with Gasteiger partial charge < -0.3 is 4.90 Å². The molecule has 1 saturated heterocycles. The van der Waals surface area contributed by atoms with Crippen LogP contribution in [0.4, 0.5) is 0 Å². The molecule has 0 radical (unpaired) electrons. The number of likely N-dealkylation sites (N-methyl/N-ethyl adjacent to an activating group) is 1. The largest absolute Gasteiger partial charge is 0.312 e. The van der Waals surface area contributed by atoms with Gasteiger partial charge >= 0.3 is 0 Å². The van der Waals surface area contributed by atoms with E-state index in [-0.39, 0.29) is 5.91 Å². The number of hydrogen-bond acceptors (Lipinski definition) is 2. The normalized spacial score (nSPS) is 23.7. The highest BCUT2D eigenvalue weighted by Crippen LogP contribution is 2.35. The SMILES string of the molecule is CCCCN(C(=O)c1ccc(Cl)cc1)C1=C[C@H]2CC[C@H](C1)N2C. The summed E-state index contributed by atoms with van der Waals surface area (Å²) < 4.78 is 0. The molecule has 1 aromatic carbocycles. The van der Waals surface area contributed by atoms with Crippen LogP contribution in [0.1, 0.15) is 49.4 Å². The zero-order valence-electron chi connectivity index (χ0n) is 14.0. The quantitative estimate of drug-likeness (QED) is 0.801. The molecule has 0 N–H and O–H groups in total. The fourth-order valence-corrected chi connectivity index (χ4v) is 3.79. The lowest BCUT2D eigenvalue weighted by Gasteiger charge is -2.35. The van der Waals surface area contributed by atoms with Gasteiger partial charge in [0.25, 0.3) is 5.91 Å². The van der Waals surface area contributed by atoms with Gasteiger partial charge in [0.2, 0.25) is 0 Å². The lowest BCUT2D eigenvalue weighted by molar-refractivity contribution is 0.0784. The van der Waals surface area contributed by atoms with E-state index < -0.39 is 0 Å². The van der Waals surface area contributed by atoms with Gasteiger partial charge in [-0.15, -0.1) is 0 Å². The van der Waals surface area contributed by atoms with Gasteiger partial charge in [0.05, 0.1) is 0 Å². The Bertz CT molecular complexity index is 596. The minimum Gasteiger partial charge on any atom is -0.312 e. The molecule has 1 amide bonds. The summed E-state index contributed by atoms with van der Waals surface area (Å²) in [7, 11) is 2.20. The first-order valence-corrected chi connectivity index (χ1v) is 8.98. The maximum atomic E-state index is 13.0. The average molecular weight is 333 g/mol. The van der Waals surface area contributed by atoms with Gasteiger partial charge in [-0.2, -0.15) is 0 Å². The second-order valence-corrected chi connectivity index (χ2v) is 7.08. The van der Waals surface area contributed by atoms with Crippen LogP contribution < -0.4 is 0 Å². The summed E-state index contributed by atoms with van der Waals surface area (Å²) in [5, 5.41) is 0.665. The van der Waals surface area contributed by atoms with Gasteiger partial charge in [-0.1, -0.05) is 24.9 Å². The molecule has 0 aliphatic carbocycles. The molecule has 0 saturated carbocycles. The van der Waals surface area contributed by atoms with Crippen LogP contribution in [0.15, 0.2) is 36.0 Å². The van der Waals surface area contributed by atoms with Crippen molar-refractivity contribution >= 4 is 17.5 Å². The minimum atomic E-state index is 0.102. The summed E-state index contributed by atoms with van der Waals surface area (Å²) >= 11 is 5.95. The van der Waals surface area contributed by atoms with Crippen molar-refractivity contribution in [1.82, 2.24) is 9.80 Å². The molecule has 0 unspecified atom stereocenters. The molecule has 23 heavy (non-hydrogen) atoms. The molecule has 2 bridgehead atoms. The summed E-state index contributed by atoms with van der Waals surface area (Å²) in [6, 6.07) is 8.31. The van der Waals surface area contributed by atoms with Crippen molar-refractivity contribution in [3.8, 4) is 0 Å². The Hall–Kier alpha value is -1.32. The fourth-order valence-electron chi connectivity index (χ4n) is 3.66. The zero-order valence-corrected chi connectivity index (χ0v) is 14.7. The Morgan fingerprint density at radius 3 is 2.70 bits per heavy atom. The summed E-state index contributed by atoms with van der Waals surface area (Å²) in [6.45, 7) is 2.96. The predicted octanol–water partition coefficient (Wildman–Crippen LogP) is 4.33. The van der Waals surface area contributed by atoms with Gasteiger partial charge in [0.15, 0.2) is 0 Å². The Labute approximate surface area is 143 Å². The predicted molar refractivity (Wildman–Crippen MR) is 94.7 cm³/mol. The smallest absolute Gasteiger partial charge is 0.258 e. The number of carbonyl (C=O) groups excluding carboxylic acids is 1. The van der Waals surface area contributed by atoms with E-state index in [1.807, 2.05) is 17.0 Å². The third-order valence-corrected chi connectivity index (χ3v) is 5.39. The Kier molecular flexibility index (Phi) is 5.08. The van der Waals surface area contributed by atoms with Crippen LogP contribution in [-0.2, 0) is 0 Å². The molecular formula is C19H25ClN2O. The number of amides is 1. The number of hydrogen-bond donors (Lipinski definition) is 0. The number of unbranched alkanes of at least 4 members (excludes halogenated alkanes) is 1. The van der Waals surface area contributed by atoms with Crippen LogP contribution in [-0.4, -0.2) is 41.4 Å². The zero-order chi connectivity index (χ0) is 16.4. The first-order chi connectivity index (χ1) is 11.1. The summed E-state index contributed by atoms with van der Waals surface area (Å²) in [5.74, 6) is 0.102. The fraction of sp³-hybridized carbons (Fsp3) is 0.526. The third-order valence-electron chi connectivity index (χ3n) is 5.14. The van der Waals surface area contributed by atoms with Crippen LogP contribution in [0.25, 0.3) is 0 Å². The third kappa shape index (κ3) is 3.46.